The maximum atomic E-state index is 13.9. The van der Waals surface area contributed by atoms with E-state index in [4.69, 9.17) is 11.6 Å². The lowest BCUT2D eigenvalue weighted by Crippen LogP contribution is -2.47. The molecule has 1 atom stereocenters. The Labute approximate surface area is 248 Å². The van der Waals surface area contributed by atoms with Gasteiger partial charge in [0.15, 0.2) is 5.69 Å². The van der Waals surface area contributed by atoms with Crippen molar-refractivity contribution in [2.45, 2.75) is 37.7 Å². The molecule has 2 aliphatic rings. The highest BCUT2D eigenvalue weighted by molar-refractivity contribution is 6.31. The minimum absolute atomic E-state index is 0.0287. The fourth-order valence-corrected chi connectivity index (χ4v) is 5.85. The largest absolute Gasteiger partial charge is 0.478 e. The van der Waals surface area contributed by atoms with Gasteiger partial charge in [0, 0.05) is 73.8 Å². The van der Waals surface area contributed by atoms with Crippen LogP contribution in [0.4, 0.5) is 37.8 Å². The summed E-state index contributed by atoms with van der Waals surface area (Å²) >= 11 is 6.34. The maximum absolute atomic E-state index is 13.9. The van der Waals surface area contributed by atoms with Crippen LogP contribution >= 0.6 is 11.6 Å². The summed E-state index contributed by atoms with van der Waals surface area (Å²) < 4.78 is 80.1. The van der Waals surface area contributed by atoms with Gasteiger partial charge in [0.05, 0.1) is 18.7 Å². The van der Waals surface area contributed by atoms with Crippen LogP contribution in [0.25, 0.3) is 11.1 Å². The van der Waals surface area contributed by atoms with Crippen LogP contribution in [0.3, 0.4) is 0 Å². The van der Waals surface area contributed by atoms with Crippen LogP contribution in [0.5, 0.6) is 0 Å². The number of anilines is 2. The SMILES string of the molecule is O=C(O)c1cnn(C2CCCN(c3cc(Cl)ccc3-c3ccc(N4CCN(CCC(F)(F)F)CC4)nc3)C2)c1C(F)(F)F. The molecule has 8 nitrogen and oxygen atoms in total. The number of benzene rings is 1. The minimum atomic E-state index is -4.89. The number of hydrogen-bond donors (Lipinski definition) is 1. The molecule has 5 rings (SSSR count). The number of carbonyl (C=O) groups is 1. The molecule has 1 unspecified atom stereocenters. The van der Waals surface area contributed by atoms with E-state index in [-0.39, 0.29) is 13.1 Å². The molecule has 0 bridgehead atoms. The second-order valence-electron chi connectivity index (χ2n) is 10.7. The summed E-state index contributed by atoms with van der Waals surface area (Å²) in [7, 11) is 0. The Morgan fingerprint density at radius 2 is 1.72 bits per heavy atom. The number of aromatic carboxylic acids is 1. The van der Waals surface area contributed by atoms with E-state index in [0.717, 1.165) is 22.0 Å². The summed E-state index contributed by atoms with van der Waals surface area (Å²) in [5.74, 6) is -0.997. The van der Waals surface area contributed by atoms with Crippen molar-refractivity contribution in [3.05, 3.63) is 59.0 Å². The summed E-state index contributed by atoms with van der Waals surface area (Å²) in [6.45, 7) is 2.75. The van der Waals surface area contributed by atoms with E-state index in [1.54, 1.807) is 23.2 Å². The highest BCUT2D eigenvalue weighted by atomic mass is 35.5. The molecule has 4 heterocycles. The quantitative estimate of drug-likeness (QED) is 0.310. The predicted molar refractivity (Wildman–Crippen MR) is 149 cm³/mol. The topological polar surface area (TPSA) is 77.7 Å². The van der Waals surface area contributed by atoms with Crippen molar-refractivity contribution in [1.82, 2.24) is 19.7 Å². The molecule has 2 aliphatic heterocycles. The molecule has 1 aromatic carbocycles. The second kappa shape index (κ2) is 12.2. The number of piperazine rings is 1. The Kier molecular flexibility index (Phi) is 8.80. The molecule has 0 radical (unpaired) electrons. The smallest absolute Gasteiger partial charge is 0.433 e. The molecule has 0 amide bonds. The number of piperidine rings is 1. The summed E-state index contributed by atoms with van der Waals surface area (Å²) in [4.78, 5) is 21.8. The van der Waals surface area contributed by atoms with Crippen molar-refractivity contribution in [2.75, 3.05) is 55.6 Å². The van der Waals surface area contributed by atoms with E-state index in [1.807, 2.05) is 28.0 Å². The first-order valence-electron chi connectivity index (χ1n) is 13.7. The molecule has 2 fully saturated rings. The normalized spacial score (nSPS) is 18.7. The molecule has 232 valence electrons. The van der Waals surface area contributed by atoms with Gasteiger partial charge in [0.25, 0.3) is 0 Å². The van der Waals surface area contributed by atoms with Crippen molar-refractivity contribution in [2.24, 2.45) is 0 Å². The van der Waals surface area contributed by atoms with E-state index in [1.165, 1.54) is 0 Å². The van der Waals surface area contributed by atoms with Crippen LogP contribution in [-0.4, -0.2) is 82.7 Å². The average molecular weight is 631 g/mol. The number of carboxylic acids is 1. The molecule has 1 N–H and O–H groups in total. The van der Waals surface area contributed by atoms with Gasteiger partial charge in [-0.25, -0.2) is 9.78 Å². The van der Waals surface area contributed by atoms with Gasteiger partial charge in [0.1, 0.15) is 11.4 Å². The summed E-state index contributed by atoms with van der Waals surface area (Å²) in [5, 5.41) is 13.6. The van der Waals surface area contributed by atoms with E-state index < -0.39 is 42.0 Å². The van der Waals surface area contributed by atoms with Gasteiger partial charge in [-0.15, -0.1) is 0 Å². The van der Waals surface area contributed by atoms with E-state index in [2.05, 4.69) is 10.1 Å². The van der Waals surface area contributed by atoms with Crippen LogP contribution < -0.4 is 9.80 Å². The molecule has 0 aliphatic carbocycles. The third kappa shape index (κ3) is 7.18. The fraction of sp³-hybridized carbons (Fsp3) is 0.464. The van der Waals surface area contributed by atoms with Crippen molar-refractivity contribution < 1.29 is 36.2 Å². The Morgan fingerprint density at radius 3 is 2.35 bits per heavy atom. The van der Waals surface area contributed by atoms with Gasteiger partial charge in [0.2, 0.25) is 0 Å². The minimum Gasteiger partial charge on any atom is -0.478 e. The number of alkyl halides is 6. The van der Waals surface area contributed by atoms with Gasteiger partial charge >= 0.3 is 18.3 Å². The lowest BCUT2D eigenvalue weighted by Gasteiger charge is -2.36. The molecule has 15 heteroatoms. The zero-order valence-electron chi connectivity index (χ0n) is 22.9. The molecule has 0 saturated carbocycles. The number of carboxylic acid groups (broad SMARTS) is 1. The molecule has 2 saturated heterocycles. The Hall–Kier alpha value is -3.52. The monoisotopic (exact) mass is 630 g/mol. The van der Waals surface area contributed by atoms with Crippen LogP contribution in [0.15, 0.2) is 42.7 Å². The van der Waals surface area contributed by atoms with Crippen molar-refractivity contribution in [1.29, 1.82) is 0 Å². The van der Waals surface area contributed by atoms with Crippen molar-refractivity contribution in [3.8, 4) is 11.1 Å². The standard InChI is InChI=1S/C28H29ClF6N6O2/c29-19-4-5-21(18-3-6-24(36-15-18)39-12-10-38(11-13-39)9-7-27(30,31)32)23(14-19)40-8-1-2-20(17-40)41-25(28(33,34)35)22(16-37-41)26(42)43/h3-6,14-16,20H,1-2,7-13,17H2,(H,42,43). The summed E-state index contributed by atoms with van der Waals surface area (Å²) in [5.41, 5.74) is 0.0543. The summed E-state index contributed by atoms with van der Waals surface area (Å²) in [6, 6.07) is 8.26. The van der Waals surface area contributed by atoms with Crippen molar-refractivity contribution in [3.63, 3.8) is 0 Å². The highest BCUT2D eigenvalue weighted by Crippen LogP contribution is 2.39. The lowest BCUT2D eigenvalue weighted by atomic mass is 10.00. The molecule has 43 heavy (non-hydrogen) atoms. The molecule has 0 spiro atoms. The first kappa shape index (κ1) is 30.9. The number of nitrogens with zero attached hydrogens (tertiary/aromatic N) is 6. The molecular formula is C28H29ClF6N6O2. The zero-order valence-corrected chi connectivity index (χ0v) is 23.6. The summed E-state index contributed by atoms with van der Waals surface area (Å²) in [6.07, 6.45) is -6.55. The van der Waals surface area contributed by atoms with Gasteiger partial charge in [-0.2, -0.15) is 31.4 Å². The number of rotatable bonds is 7. The Balaban J connectivity index is 1.33. The van der Waals surface area contributed by atoms with Crippen LogP contribution in [0, 0.1) is 0 Å². The maximum Gasteiger partial charge on any atom is 0.433 e. The van der Waals surface area contributed by atoms with Crippen molar-refractivity contribution >= 4 is 29.1 Å². The molecule has 3 aromatic rings. The third-order valence-electron chi connectivity index (χ3n) is 7.80. The van der Waals surface area contributed by atoms with Crippen LogP contribution in [0.1, 0.15) is 41.4 Å². The first-order chi connectivity index (χ1) is 20.3. The van der Waals surface area contributed by atoms with Crippen LogP contribution in [-0.2, 0) is 6.18 Å². The fourth-order valence-electron chi connectivity index (χ4n) is 5.68. The third-order valence-corrected chi connectivity index (χ3v) is 8.04. The molecular weight excluding hydrogens is 602 g/mol. The van der Waals surface area contributed by atoms with Gasteiger partial charge < -0.3 is 14.9 Å². The first-order valence-corrected chi connectivity index (χ1v) is 14.1. The van der Waals surface area contributed by atoms with E-state index in [9.17, 15) is 36.2 Å². The molecule has 2 aromatic heterocycles. The van der Waals surface area contributed by atoms with Gasteiger partial charge in [-0.1, -0.05) is 17.7 Å². The van der Waals surface area contributed by atoms with E-state index in [0.29, 0.717) is 62.1 Å². The Morgan fingerprint density at radius 1 is 0.977 bits per heavy atom. The lowest BCUT2D eigenvalue weighted by molar-refractivity contribution is -0.145. The van der Waals surface area contributed by atoms with E-state index >= 15 is 0 Å². The van der Waals surface area contributed by atoms with Gasteiger partial charge in [-0.05, 0) is 37.1 Å². The second-order valence-corrected chi connectivity index (χ2v) is 11.1. The Bertz CT molecular complexity index is 1440. The number of aromatic nitrogens is 3. The number of hydrogen-bond acceptors (Lipinski definition) is 6. The van der Waals surface area contributed by atoms with Crippen LogP contribution in [0.2, 0.25) is 5.02 Å². The average Bonchev–Trinajstić information content (AvgIpc) is 3.43. The zero-order chi connectivity index (χ0) is 30.9. The number of halogens is 7. The van der Waals surface area contributed by atoms with Gasteiger partial charge in [-0.3, -0.25) is 9.58 Å². The number of pyridine rings is 1. The predicted octanol–water partition coefficient (Wildman–Crippen LogP) is 6.23. The highest BCUT2D eigenvalue weighted by Gasteiger charge is 2.42.